The largest absolute Gasteiger partial charge is 0.304 e. The Bertz CT molecular complexity index is 723. The van der Waals surface area contributed by atoms with E-state index < -0.39 is 37.2 Å². The van der Waals surface area contributed by atoms with Crippen LogP contribution in [0.1, 0.15) is 16.7 Å². The van der Waals surface area contributed by atoms with E-state index in [1.165, 1.54) is 0 Å². The SMILES string of the molecule is [2H]c1nc(Br)c([2H])c([2H])c1-n1c([2H])nc(C([2H])([2H])[2H])c1[2H]. The van der Waals surface area contributed by atoms with Gasteiger partial charge in [0.1, 0.15) is 5.97 Å². The Morgan fingerprint density at radius 2 is 2.46 bits per heavy atom. The molecule has 0 aliphatic heterocycles. The van der Waals surface area contributed by atoms with Crippen molar-refractivity contribution in [3.8, 4) is 5.69 Å². The van der Waals surface area contributed by atoms with Crippen LogP contribution < -0.4 is 0 Å². The van der Waals surface area contributed by atoms with Gasteiger partial charge in [-0.25, -0.2) is 9.97 Å². The highest BCUT2D eigenvalue weighted by Gasteiger charge is 1.97. The van der Waals surface area contributed by atoms with Crippen molar-refractivity contribution in [3.63, 3.8) is 0 Å². The minimum absolute atomic E-state index is 0.0181. The molecule has 2 aromatic rings. The number of aryl methyl sites for hydroxylation is 1. The standard InChI is InChI=1S/C9H8BrN3/c1-7-5-13(6-12-7)8-2-3-9(10)11-4-8/h2-6H,1H3/i1D3,2D,3D,4D,5D,6D. The van der Waals surface area contributed by atoms with Gasteiger partial charge in [0, 0.05) is 10.3 Å². The van der Waals surface area contributed by atoms with Crippen LogP contribution in [-0.4, -0.2) is 14.5 Å². The third-order valence-electron chi connectivity index (χ3n) is 1.25. The number of hydrogen-bond donors (Lipinski definition) is 0. The van der Waals surface area contributed by atoms with Crippen LogP contribution in [0, 0.1) is 6.85 Å². The summed E-state index contributed by atoms with van der Waals surface area (Å²) in [6.45, 7) is -2.69. The molecular weight excluding hydrogens is 230 g/mol. The van der Waals surface area contributed by atoms with Gasteiger partial charge in [-0.15, -0.1) is 0 Å². The molecule has 2 rings (SSSR count). The van der Waals surface area contributed by atoms with Crippen molar-refractivity contribution in [1.29, 1.82) is 0 Å². The van der Waals surface area contributed by atoms with Crippen molar-refractivity contribution >= 4 is 15.9 Å². The minimum atomic E-state index is -2.69. The lowest BCUT2D eigenvalue weighted by Gasteiger charge is -1.99. The molecule has 0 bridgehead atoms. The first kappa shape index (κ1) is 3.20. The van der Waals surface area contributed by atoms with E-state index in [1.807, 2.05) is 0 Å². The molecule has 0 atom stereocenters. The summed E-state index contributed by atoms with van der Waals surface area (Å²) >= 11 is 2.93. The van der Waals surface area contributed by atoms with Crippen LogP contribution in [-0.2, 0) is 0 Å². The van der Waals surface area contributed by atoms with Gasteiger partial charge in [0.05, 0.1) is 29.3 Å². The zero-order valence-electron chi connectivity index (χ0n) is 14.2. The number of nitrogens with zero attached hydrogens (tertiary/aromatic N) is 3. The number of imidazole rings is 1. The Hall–Kier alpha value is -1.16. The van der Waals surface area contributed by atoms with Crippen LogP contribution in [0.2, 0.25) is 0 Å². The molecule has 2 heterocycles. The second kappa shape index (κ2) is 3.30. The predicted octanol–water partition coefficient (Wildman–Crippen LogP) is 2.34. The Morgan fingerprint density at radius 1 is 1.54 bits per heavy atom. The van der Waals surface area contributed by atoms with Crippen LogP contribution in [0.25, 0.3) is 5.69 Å². The smallest absolute Gasteiger partial charge is 0.106 e. The Morgan fingerprint density at radius 3 is 3.23 bits per heavy atom. The van der Waals surface area contributed by atoms with Crippen LogP contribution in [0.4, 0.5) is 0 Å². The van der Waals surface area contributed by atoms with Crippen LogP contribution in [0.15, 0.2) is 35.3 Å². The lowest BCUT2D eigenvalue weighted by molar-refractivity contribution is 1.03. The van der Waals surface area contributed by atoms with Gasteiger partial charge in [-0.05, 0) is 34.9 Å². The van der Waals surface area contributed by atoms with Crippen molar-refractivity contribution in [2.75, 3.05) is 0 Å². The second-order valence-electron chi connectivity index (χ2n) is 2.12. The Kier molecular flexibility index (Phi) is 0.813. The summed E-state index contributed by atoms with van der Waals surface area (Å²) in [6, 6.07) is -0.776. The first-order valence-electron chi connectivity index (χ1n) is 7.25. The number of pyridine rings is 1. The summed E-state index contributed by atoms with van der Waals surface area (Å²) < 4.78 is 61.3. The quantitative estimate of drug-likeness (QED) is 0.723. The van der Waals surface area contributed by atoms with Gasteiger partial charge in [-0.3, -0.25) is 0 Å². The van der Waals surface area contributed by atoms with E-state index in [0.717, 1.165) is 4.57 Å². The molecule has 0 aliphatic rings. The molecule has 0 N–H and O–H groups in total. The maximum atomic E-state index is 7.84. The molecule has 0 unspecified atom stereocenters. The molecule has 0 aliphatic carbocycles. The summed E-state index contributed by atoms with van der Waals surface area (Å²) in [5.41, 5.74) is -0.915. The first-order chi connectivity index (χ1) is 9.55. The lowest BCUT2D eigenvalue weighted by Crippen LogP contribution is -1.90. The fraction of sp³-hybridized carbons (Fsp3) is 0.111. The van der Waals surface area contributed by atoms with Gasteiger partial charge in [0.25, 0.3) is 0 Å². The Balaban J connectivity index is 2.81. The summed E-state index contributed by atoms with van der Waals surface area (Å²) in [4.78, 5) is 7.19. The van der Waals surface area contributed by atoms with E-state index in [0.29, 0.717) is 0 Å². The zero-order valence-corrected chi connectivity index (χ0v) is 7.81. The monoisotopic (exact) mass is 245 g/mol. The molecular formula is C9H8BrN3. The molecule has 2 aromatic heterocycles. The average molecular weight is 246 g/mol. The Labute approximate surface area is 95.8 Å². The predicted molar refractivity (Wildman–Crippen MR) is 53.8 cm³/mol. The van der Waals surface area contributed by atoms with E-state index in [2.05, 4.69) is 25.9 Å². The summed E-state index contributed by atoms with van der Waals surface area (Å²) in [5.74, 6) is 0. The molecule has 0 spiro atoms. The average Bonchev–Trinajstić information content (AvgIpc) is 2.64. The highest BCUT2D eigenvalue weighted by molar-refractivity contribution is 9.10. The first-order valence-corrected chi connectivity index (χ1v) is 4.05. The number of hydrogen-bond acceptors (Lipinski definition) is 2. The maximum Gasteiger partial charge on any atom is 0.106 e. The molecule has 66 valence electrons. The van der Waals surface area contributed by atoms with Gasteiger partial charge < -0.3 is 4.57 Å². The van der Waals surface area contributed by atoms with Crippen molar-refractivity contribution in [3.05, 3.63) is 41.0 Å². The molecule has 0 amide bonds. The lowest BCUT2D eigenvalue weighted by atomic mass is 10.4. The molecule has 4 heteroatoms. The van der Waals surface area contributed by atoms with E-state index in [9.17, 15) is 0 Å². The van der Waals surface area contributed by atoms with Gasteiger partial charge in [0.2, 0.25) is 0 Å². The molecule has 0 aromatic carbocycles. The van der Waals surface area contributed by atoms with Crippen molar-refractivity contribution in [2.45, 2.75) is 6.85 Å². The maximum absolute atomic E-state index is 7.84. The van der Waals surface area contributed by atoms with Crippen LogP contribution >= 0.6 is 15.9 Å². The fourth-order valence-corrected chi connectivity index (χ4v) is 0.924. The molecule has 0 saturated carbocycles. The number of rotatable bonds is 1. The summed E-state index contributed by atoms with van der Waals surface area (Å²) in [7, 11) is 0. The minimum Gasteiger partial charge on any atom is -0.304 e. The van der Waals surface area contributed by atoms with Crippen molar-refractivity contribution < 1.29 is 11.0 Å². The molecule has 0 saturated heterocycles. The highest BCUT2D eigenvalue weighted by Crippen LogP contribution is 2.10. The second-order valence-corrected chi connectivity index (χ2v) is 2.87. The van der Waals surface area contributed by atoms with E-state index in [1.54, 1.807) is 0 Å². The van der Waals surface area contributed by atoms with Gasteiger partial charge in [0.15, 0.2) is 0 Å². The van der Waals surface area contributed by atoms with Gasteiger partial charge >= 0.3 is 0 Å². The fourth-order valence-electron chi connectivity index (χ4n) is 0.736. The normalized spacial score (nSPS) is 20.1. The number of aromatic nitrogens is 3. The van der Waals surface area contributed by atoms with Crippen LogP contribution in [0.3, 0.4) is 0 Å². The van der Waals surface area contributed by atoms with E-state index in [-0.39, 0.29) is 16.3 Å². The zero-order chi connectivity index (χ0) is 16.1. The van der Waals surface area contributed by atoms with Crippen molar-refractivity contribution in [2.24, 2.45) is 0 Å². The highest BCUT2D eigenvalue weighted by atomic mass is 79.9. The third-order valence-corrected chi connectivity index (χ3v) is 1.62. The molecule has 0 fully saturated rings. The van der Waals surface area contributed by atoms with E-state index >= 15 is 0 Å². The van der Waals surface area contributed by atoms with Gasteiger partial charge in [-0.1, -0.05) is 0 Å². The molecule has 3 nitrogen and oxygen atoms in total. The van der Waals surface area contributed by atoms with Crippen molar-refractivity contribution in [1.82, 2.24) is 14.5 Å². The third kappa shape index (κ3) is 1.78. The summed E-state index contributed by atoms with van der Waals surface area (Å²) in [6.07, 6.45) is -1.68. The number of halogens is 1. The van der Waals surface area contributed by atoms with Gasteiger partial charge in [-0.2, -0.15) is 0 Å². The van der Waals surface area contributed by atoms with Crippen LogP contribution in [0.5, 0.6) is 0 Å². The summed E-state index contributed by atoms with van der Waals surface area (Å²) in [5, 5.41) is 0. The molecule has 0 radical (unpaired) electrons. The van der Waals surface area contributed by atoms with E-state index in [4.69, 9.17) is 11.0 Å². The molecule has 13 heavy (non-hydrogen) atoms. The topological polar surface area (TPSA) is 30.7 Å².